The lowest BCUT2D eigenvalue weighted by molar-refractivity contribution is 0.0725. The summed E-state index contributed by atoms with van der Waals surface area (Å²) in [5, 5.41) is 9.63. The Morgan fingerprint density at radius 3 is 2.07 bits per heavy atom. The van der Waals surface area contributed by atoms with E-state index in [1.54, 1.807) is 30.3 Å². The highest BCUT2D eigenvalue weighted by molar-refractivity contribution is 5.91. The van der Waals surface area contributed by atoms with Crippen molar-refractivity contribution in [3.05, 3.63) is 72.1 Å². The number of hydrogen-bond donors (Lipinski definition) is 0. The van der Waals surface area contributed by atoms with Gasteiger partial charge in [0.1, 0.15) is 6.61 Å². The van der Waals surface area contributed by atoms with Gasteiger partial charge in [0.25, 0.3) is 0 Å². The van der Waals surface area contributed by atoms with Gasteiger partial charge in [0.15, 0.2) is 17.3 Å². The van der Waals surface area contributed by atoms with E-state index in [4.69, 9.17) is 9.47 Å². The fourth-order valence-electron chi connectivity index (χ4n) is 4.63. The lowest BCUT2D eigenvalue weighted by Gasteiger charge is -2.22. The number of carbonyl (C=O) groups is 1. The van der Waals surface area contributed by atoms with Crippen molar-refractivity contribution in [1.29, 1.82) is 5.26 Å². The maximum absolute atomic E-state index is 12.9. The van der Waals surface area contributed by atoms with Crippen molar-refractivity contribution in [1.82, 2.24) is 9.97 Å². The average Bonchev–Trinajstić information content (AvgIpc) is 3.01. The molecule has 0 N–H and O–H groups in total. The molecule has 1 aromatic heterocycles. The SMILES string of the molecule is CCCCCCCCCCc1cnc(-c2ccc(C(=O)Oc3ccccc3OCC(C)(C#N)CCCC)cc2)nc1. The number of aromatic nitrogens is 2. The summed E-state index contributed by atoms with van der Waals surface area (Å²) in [7, 11) is 0. The number of unbranched alkanes of at least 4 members (excludes halogenated alkanes) is 8. The molecule has 3 rings (SSSR count). The van der Waals surface area contributed by atoms with E-state index in [-0.39, 0.29) is 6.61 Å². The smallest absolute Gasteiger partial charge is 0.343 e. The molecule has 0 bridgehead atoms. The predicted octanol–water partition coefficient (Wildman–Crippen LogP) is 9.14. The third-order valence-corrected chi connectivity index (χ3v) is 7.35. The van der Waals surface area contributed by atoms with Crippen LogP contribution in [-0.4, -0.2) is 22.5 Å². The van der Waals surface area contributed by atoms with Gasteiger partial charge in [-0.15, -0.1) is 0 Å². The zero-order chi connectivity index (χ0) is 29.3. The van der Waals surface area contributed by atoms with Crippen LogP contribution in [0.1, 0.15) is 107 Å². The summed E-state index contributed by atoms with van der Waals surface area (Å²) in [5.41, 5.74) is 1.81. The third kappa shape index (κ3) is 10.6. The fraction of sp³-hybridized carbons (Fsp3) is 0.486. The fourth-order valence-corrected chi connectivity index (χ4v) is 4.63. The summed E-state index contributed by atoms with van der Waals surface area (Å²) in [4.78, 5) is 22.0. The van der Waals surface area contributed by atoms with Gasteiger partial charge in [-0.05, 0) is 56.0 Å². The Labute approximate surface area is 246 Å². The molecule has 41 heavy (non-hydrogen) atoms. The van der Waals surface area contributed by atoms with E-state index in [1.165, 1.54) is 44.9 Å². The van der Waals surface area contributed by atoms with E-state index in [9.17, 15) is 10.1 Å². The van der Waals surface area contributed by atoms with E-state index in [1.807, 2.05) is 37.5 Å². The molecule has 2 aromatic carbocycles. The normalized spacial score (nSPS) is 12.3. The number of carbonyl (C=O) groups excluding carboxylic acids is 1. The first-order chi connectivity index (χ1) is 20.0. The summed E-state index contributed by atoms with van der Waals surface area (Å²) in [5.74, 6) is 0.916. The van der Waals surface area contributed by atoms with E-state index >= 15 is 0 Å². The van der Waals surface area contributed by atoms with Crippen LogP contribution >= 0.6 is 0 Å². The first-order valence-corrected chi connectivity index (χ1v) is 15.2. The molecule has 3 aromatic rings. The number of rotatable bonds is 18. The van der Waals surface area contributed by atoms with Crippen LogP contribution in [-0.2, 0) is 6.42 Å². The van der Waals surface area contributed by atoms with Crippen molar-refractivity contribution in [3.8, 4) is 29.0 Å². The molecule has 218 valence electrons. The lowest BCUT2D eigenvalue weighted by Crippen LogP contribution is -2.23. The van der Waals surface area contributed by atoms with Crippen LogP contribution in [0.15, 0.2) is 60.9 Å². The number of esters is 1. The van der Waals surface area contributed by atoms with Crippen LogP contribution in [0.5, 0.6) is 11.5 Å². The second kappa shape index (κ2) is 17.2. The van der Waals surface area contributed by atoms with Gasteiger partial charge in [-0.3, -0.25) is 0 Å². The monoisotopic (exact) mass is 555 g/mol. The summed E-state index contributed by atoms with van der Waals surface area (Å²) < 4.78 is 11.6. The molecule has 0 fully saturated rings. The summed E-state index contributed by atoms with van der Waals surface area (Å²) in [6.07, 6.45) is 17.9. The first kappa shape index (κ1) is 31.8. The molecule has 0 spiro atoms. The number of para-hydroxylation sites is 2. The van der Waals surface area contributed by atoms with Crippen LogP contribution in [0.25, 0.3) is 11.4 Å². The topological polar surface area (TPSA) is 85.1 Å². The Kier molecular flexibility index (Phi) is 13.3. The Bertz CT molecular complexity index is 1230. The highest BCUT2D eigenvalue weighted by Crippen LogP contribution is 2.31. The molecule has 0 saturated heterocycles. The second-order valence-electron chi connectivity index (χ2n) is 11.1. The van der Waals surface area contributed by atoms with Gasteiger partial charge < -0.3 is 9.47 Å². The van der Waals surface area contributed by atoms with Gasteiger partial charge in [0.2, 0.25) is 0 Å². The minimum Gasteiger partial charge on any atom is -0.488 e. The molecule has 0 saturated carbocycles. The van der Waals surface area contributed by atoms with Crippen LogP contribution in [0.4, 0.5) is 0 Å². The summed E-state index contributed by atoms with van der Waals surface area (Å²) in [6.45, 7) is 6.47. The second-order valence-corrected chi connectivity index (χ2v) is 11.1. The molecule has 1 unspecified atom stereocenters. The van der Waals surface area contributed by atoms with Gasteiger partial charge in [0, 0.05) is 18.0 Å². The Morgan fingerprint density at radius 1 is 0.829 bits per heavy atom. The number of benzene rings is 2. The third-order valence-electron chi connectivity index (χ3n) is 7.35. The predicted molar refractivity (Wildman–Crippen MR) is 164 cm³/mol. The molecule has 1 atom stereocenters. The Hall–Kier alpha value is -3.72. The minimum atomic E-state index is -0.600. The molecular weight excluding hydrogens is 510 g/mol. The first-order valence-electron chi connectivity index (χ1n) is 15.2. The molecule has 0 amide bonds. The van der Waals surface area contributed by atoms with Gasteiger partial charge in [0.05, 0.1) is 17.0 Å². The zero-order valence-corrected chi connectivity index (χ0v) is 25.0. The minimum absolute atomic E-state index is 0.227. The van der Waals surface area contributed by atoms with Gasteiger partial charge in [-0.1, -0.05) is 95.9 Å². The maximum Gasteiger partial charge on any atom is 0.343 e. The van der Waals surface area contributed by atoms with Gasteiger partial charge in [-0.2, -0.15) is 5.26 Å². The lowest BCUT2D eigenvalue weighted by atomic mass is 9.87. The molecule has 0 radical (unpaired) electrons. The summed E-state index contributed by atoms with van der Waals surface area (Å²) >= 11 is 0. The molecular formula is C35H45N3O3. The highest BCUT2D eigenvalue weighted by Gasteiger charge is 2.25. The van der Waals surface area contributed by atoms with Crippen molar-refractivity contribution in [3.63, 3.8) is 0 Å². The van der Waals surface area contributed by atoms with Crippen LogP contribution in [0.2, 0.25) is 0 Å². The quantitative estimate of drug-likeness (QED) is 0.0884. The summed E-state index contributed by atoms with van der Waals surface area (Å²) in [6, 6.07) is 16.5. The van der Waals surface area contributed by atoms with E-state index in [0.29, 0.717) is 22.9 Å². The van der Waals surface area contributed by atoms with E-state index in [0.717, 1.165) is 43.2 Å². The number of aryl methyl sites for hydroxylation is 1. The molecule has 0 aliphatic rings. The van der Waals surface area contributed by atoms with Crippen LogP contribution in [0.3, 0.4) is 0 Å². The number of nitriles is 1. The van der Waals surface area contributed by atoms with Gasteiger partial charge >= 0.3 is 5.97 Å². The van der Waals surface area contributed by atoms with Crippen molar-refractivity contribution in [2.75, 3.05) is 6.61 Å². The molecule has 6 heteroatoms. The number of nitrogens with zero attached hydrogens (tertiary/aromatic N) is 3. The van der Waals surface area contributed by atoms with Crippen LogP contribution < -0.4 is 9.47 Å². The largest absolute Gasteiger partial charge is 0.488 e. The van der Waals surface area contributed by atoms with Crippen molar-refractivity contribution < 1.29 is 14.3 Å². The van der Waals surface area contributed by atoms with E-state index < -0.39 is 11.4 Å². The van der Waals surface area contributed by atoms with Gasteiger partial charge in [-0.25, -0.2) is 14.8 Å². The molecule has 1 heterocycles. The zero-order valence-electron chi connectivity index (χ0n) is 25.0. The average molecular weight is 556 g/mol. The highest BCUT2D eigenvalue weighted by atomic mass is 16.6. The van der Waals surface area contributed by atoms with Crippen molar-refractivity contribution in [2.24, 2.45) is 5.41 Å². The Balaban J connectivity index is 1.51. The molecule has 6 nitrogen and oxygen atoms in total. The van der Waals surface area contributed by atoms with Crippen molar-refractivity contribution in [2.45, 2.75) is 97.8 Å². The van der Waals surface area contributed by atoms with Crippen molar-refractivity contribution >= 4 is 5.97 Å². The number of hydrogen-bond acceptors (Lipinski definition) is 6. The number of ether oxygens (including phenoxy) is 2. The standard InChI is InChI=1S/C35H45N3O3/c1-4-6-8-9-10-11-12-13-16-28-24-37-33(38-25-28)29-19-21-30(22-20-29)34(39)41-32-18-15-14-17-31(32)40-27-35(3,26-36)23-7-5-2/h14-15,17-22,24-25H,4-13,16,23,27H2,1-3H3. The molecule has 0 aliphatic heterocycles. The van der Waals surface area contributed by atoms with E-state index in [2.05, 4.69) is 29.9 Å². The maximum atomic E-state index is 12.9. The molecule has 0 aliphatic carbocycles. The Morgan fingerprint density at radius 2 is 1.44 bits per heavy atom. The van der Waals surface area contributed by atoms with Crippen LogP contribution in [0, 0.1) is 16.7 Å².